The van der Waals surface area contributed by atoms with E-state index in [4.69, 9.17) is 17.3 Å². The highest BCUT2D eigenvalue weighted by Gasteiger charge is 2.26. The molecule has 1 fully saturated rings. The number of fused-ring (bicyclic) bond motifs is 1. The van der Waals surface area contributed by atoms with Crippen LogP contribution >= 0.6 is 27.5 Å². The molecule has 1 heterocycles. The highest BCUT2D eigenvalue weighted by molar-refractivity contribution is 9.10. The Balaban J connectivity index is 1.74. The fourth-order valence-corrected chi connectivity index (χ4v) is 4.40. The van der Waals surface area contributed by atoms with Crippen molar-refractivity contribution in [3.05, 3.63) is 69.8 Å². The lowest BCUT2D eigenvalue weighted by Gasteiger charge is -2.38. The number of nitrogens with two attached hydrogens (primary N) is 1. The first kappa shape index (κ1) is 18.7. The van der Waals surface area contributed by atoms with Gasteiger partial charge in [-0.25, -0.2) is 0 Å². The van der Waals surface area contributed by atoms with Crippen LogP contribution in [-0.4, -0.2) is 17.1 Å². The molecule has 27 heavy (non-hydrogen) atoms. The normalized spacial score (nSPS) is 20.0. The number of benzene rings is 2. The Morgan fingerprint density at radius 3 is 2.52 bits per heavy atom. The van der Waals surface area contributed by atoms with Gasteiger partial charge >= 0.3 is 0 Å². The third kappa shape index (κ3) is 4.29. The summed E-state index contributed by atoms with van der Waals surface area (Å²) in [6.07, 6.45) is 6.29. The quantitative estimate of drug-likeness (QED) is 0.542. The average Bonchev–Trinajstić information content (AvgIpc) is 2.68. The van der Waals surface area contributed by atoms with Crippen LogP contribution in [0.1, 0.15) is 31.2 Å². The topological polar surface area (TPSA) is 42.1 Å². The van der Waals surface area contributed by atoms with E-state index < -0.39 is 0 Å². The van der Waals surface area contributed by atoms with E-state index in [1.54, 1.807) is 0 Å². The number of pyridine rings is 1. The second-order valence-corrected chi connectivity index (χ2v) is 8.67. The van der Waals surface area contributed by atoms with Crippen LogP contribution in [0.25, 0.3) is 10.9 Å². The molecule has 0 spiro atoms. The van der Waals surface area contributed by atoms with E-state index in [0.29, 0.717) is 12.1 Å². The molecule has 2 aromatic carbocycles. The highest BCUT2D eigenvalue weighted by Crippen LogP contribution is 2.34. The first-order valence-electron chi connectivity index (χ1n) is 9.41. The van der Waals surface area contributed by atoms with Crippen molar-refractivity contribution in [3.63, 3.8) is 0 Å². The maximum atomic E-state index is 6.19. The summed E-state index contributed by atoms with van der Waals surface area (Å²) >= 11 is 9.72. The molecule has 0 bridgehead atoms. The number of halogens is 2. The second-order valence-electron chi connectivity index (χ2n) is 7.31. The van der Waals surface area contributed by atoms with Crippen LogP contribution in [-0.2, 0) is 6.54 Å². The summed E-state index contributed by atoms with van der Waals surface area (Å²) in [6, 6.07) is 17.5. The summed E-state index contributed by atoms with van der Waals surface area (Å²) in [5, 5.41) is 1.86. The van der Waals surface area contributed by atoms with Crippen molar-refractivity contribution < 1.29 is 0 Å². The standard InChI is InChI=1S/C22H23BrClN3/c23-16-3-1-15(2-4-16)14-27(19-8-6-18(25)7-9-19)22-11-12-26-21-13-17(24)5-10-20(21)22/h1-5,10-13,18-19H,6-9,14,25H2. The molecule has 0 amide bonds. The Morgan fingerprint density at radius 1 is 1.04 bits per heavy atom. The molecule has 1 aromatic heterocycles. The first-order valence-corrected chi connectivity index (χ1v) is 10.6. The van der Waals surface area contributed by atoms with Crippen molar-refractivity contribution in [2.45, 2.75) is 44.3 Å². The van der Waals surface area contributed by atoms with Crippen LogP contribution in [0.15, 0.2) is 59.2 Å². The average molecular weight is 445 g/mol. The van der Waals surface area contributed by atoms with Crippen LogP contribution in [0.5, 0.6) is 0 Å². The van der Waals surface area contributed by atoms with E-state index in [9.17, 15) is 0 Å². The minimum Gasteiger partial charge on any atom is -0.364 e. The smallest absolute Gasteiger partial charge is 0.0737 e. The zero-order valence-corrected chi connectivity index (χ0v) is 17.5. The van der Waals surface area contributed by atoms with Gasteiger partial charge in [0.05, 0.1) is 5.52 Å². The molecule has 140 valence electrons. The van der Waals surface area contributed by atoms with Gasteiger partial charge < -0.3 is 10.6 Å². The van der Waals surface area contributed by atoms with E-state index >= 15 is 0 Å². The van der Waals surface area contributed by atoms with E-state index in [-0.39, 0.29) is 0 Å². The van der Waals surface area contributed by atoms with Gasteiger partial charge in [-0.05, 0) is 67.6 Å². The van der Waals surface area contributed by atoms with Gasteiger partial charge in [0, 0.05) is 45.4 Å². The Morgan fingerprint density at radius 2 is 1.78 bits per heavy atom. The molecule has 4 rings (SSSR count). The lowest BCUT2D eigenvalue weighted by atomic mass is 9.90. The lowest BCUT2D eigenvalue weighted by Crippen LogP contribution is -2.40. The van der Waals surface area contributed by atoms with Crippen LogP contribution in [0.4, 0.5) is 5.69 Å². The van der Waals surface area contributed by atoms with E-state index in [2.05, 4.69) is 62.2 Å². The summed E-state index contributed by atoms with van der Waals surface area (Å²) in [5.74, 6) is 0. The van der Waals surface area contributed by atoms with Crippen molar-refractivity contribution in [1.82, 2.24) is 4.98 Å². The monoisotopic (exact) mass is 443 g/mol. The van der Waals surface area contributed by atoms with Gasteiger partial charge in [0.2, 0.25) is 0 Å². The second kappa shape index (κ2) is 8.17. The molecule has 0 atom stereocenters. The largest absolute Gasteiger partial charge is 0.364 e. The summed E-state index contributed by atoms with van der Waals surface area (Å²) in [7, 11) is 0. The van der Waals surface area contributed by atoms with Crippen molar-refractivity contribution in [1.29, 1.82) is 0 Å². The first-order chi connectivity index (χ1) is 13.1. The number of hydrogen-bond donors (Lipinski definition) is 1. The lowest BCUT2D eigenvalue weighted by molar-refractivity contribution is 0.375. The predicted molar refractivity (Wildman–Crippen MR) is 117 cm³/mol. The zero-order chi connectivity index (χ0) is 18.8. The molecule has 0 unspecified atom stereocenters. The molecule has 0 radical (unpaired) electrons. The van der Waals surface area contributed by atoms with Crippen LogP contribution in [0.3, 0.4) is 0 Å². The molecule has 0 saturated heterocycles. The van der Waals surface area contributed by atoms with Crippen molar-refractivity contribution in [2.75, 3.05) is 4.90 Å². The Kier molecular flexibility index (Phi) is 5.67. The SMILES string of the molecule is NC1CCC(N(Cc2ccc(Br)cc2)c2ccnc3cc(Cl)ccc23)CC1. The van der Waals surface area contributed by atoms with Gasteiger partial charge in [-0.2, -0.15) is 0 Å². The van der Waals surface area contributed by atoms with Crippen molar-refractivity contribution in [3.8, 4) is 0 Å². The number of aromatic nitrogens is 1. The van der Waals surface area contributed by atoms with Gasteiger partial charge in [0.25, 0.3) is 0 Å². The van der Waals surface area contributed by atoms with Crippen LogP contribution < -0.4 is 10.6 Å². The molecule has 5 heteroatoms. The zero-order valence-electron chi connectivity index (χ0n) is 15.1. The molecular formula is C22H23BrClN3. The van der Waals surface area contributed by atoms with Gasteiger partial charge in [-0.15, -0.1) is 0 Å². The van der Waals surface area contributed by atoms with Gasteiger partial charge in [0.1, 0.15) is 0 Å². The van der Waals surface area contributed by atoms with Crippen LogP contribution in [0, 0.1) is 0 Å². The fraction of sp³-hybridized carbons (Fsp3) is 0.318. The third-order valence-corrected chi connectivity index (χ3v) is 6.20. The van der Waals surface area contributed by atoms with Crippen molar-refractivity contribution >= 4 is 44.1 Å². The van der Waals surface area contributed by atoms with Gasteiger partial charge in [-0.3, -0.25) is 4.98 Å². The van der Waals surface area contributed by atoms with E-state index in [1.165, 1.54) is 11.3 Å². The molecule has 3 aromatic rings. The molecule has 0 aliphatic heterocycles. The summed E-state index contributed by atoms with van der Waals surface area (Å²) in [5.41, 5.74) is 9.62. The molecule has 1 saturated carbocycles. The van der Waals surface area contributed by atoms with E-state index in [0.717, 1.165) is 52.6 Å². The minimum absolute atomic E-state index is 0.337. The number of nitrogens with zero attached hydrogens (tertiary/aromatic N) is 2. The van der Waals surface area contributed by atoms with Gasteiger partial charge in [0.15, 0.2) is 0 Å². The summed E-state index contributed by atoms with van der Waals surface area (Å²) in [6.45, 7) is 0.870. The maximum absolute atomic E-state index is 6.19. The van der Waals surface area contributed by atoms with Crippen LogP contribution in [0.2, 0.25) is 5.02 Å². The summed E-state index contributed by atoms with van der Waals surface area (Å²) < 4.78 is 1.10. The minimum atomic E-state index is 0.337. The maximum Gasteiger partial charge on any atom is 0.0737 e. The highest BCUT2D eigenvalue weighted by atomic mass is 79.9. The number of rotatable bonds is 4. The molecule has 3 nitrogen and oxygen atoms in total. The number of hydrogen-bond acceptors (Lipinski definition) is 3. The Labute approximate surface area is 173 Å². The van der Waals surface area contributed by atoms with Crippen molar-refractivity contribution in [2.24, 2.45) is 5.73 Å². The fourth-order valence-electron chi connectivity index (χ4n) is 3.97. The molecule has 1 aliphatic rings. The Hall–Kier alpha value is -1.62. The molecular weight excluding hydrogens is 422 g/mol. The Bertz CT molecular complexity index is 920. The molecule has 2 N–H and O–H groups in total. The third-order valence-electron chi connectivity index (χ3n) is 5.44. The predicted octanol–water partition coefficient (Wildman–Crippen LogP) is 5.93. The van der Waals surface area contributed by atoms with E-state index in [1.807, 2.05) is 18.3 Å². The van der Waals surface area contributed by atoms with Gasteiger partial charge in [-0.1, -0.05) is 39.7 Å². The molecule has 1 aliphatic carbocycles. The number of anilines is 1. The summed E-state index contributed by atoms with van der Waals surface area (Å²) in [4.78, 5) is 7.06.